The number of halogens is 1. The van der Waals surface area contributed by atoms with E-state index in [1.807, 2.05) is 40.7 Å². The molecule has 10 atom stereocenters. The number of Topliss-reactive ketones (excluding diaryl/α,β-unsaturated/α-hetero) is 2. The number of fused-ring (bicyclic) bond motifs is 6. The Morgan fingerprint density at radius 3 is 2.44 bits per heavy atom. The zero-order valence-corrected chi connectivity index (χ0v) is 51.6. The molecule has 3 aliphatic heterocycles. The Morgan fingerprint density at radius 1 is 1.00 bits per heavy atom. The third-order valence-electron chi connectivity index (χ3n) is 17.1. The molecule has 3 aromatic rings. The van der Waals surface area contributed by atoms with Gasteiger partial charge in [0.2, 0.25) is 11.8 Å². The molecule has 0 radical (unpaired) electrons. The van der Waals surface area contributed by atoms with Gasteiger partial charge in [-0.3, -0.25) is 39.1 Å². The number of epoxide rings is 1. The second kappa shape index (κ2) is 29.6. The first-order chi connectivity index (χ1) is 40.8. The molecule has 4 aliphatic rings. The van der Waals surface area contributed by atoms with E-state index >= 15 is 0 Å². The molecule has 0 spiro atoms. The van der Waals surface area contributed by atoms with E-state index in [0.29, 0.717) is 65.8 Å². The van der Waals surface area contributed by atoms with E-state index in [4.69, 9.17) is 50.7 Å². The number of carbonyl (C=O) groups is 8. The van der Waals surface area contributed by atoms with Crippen molar-refractivity contribution in [1.29, 1.82) is 0 Å². The van der Waals surface area contributed by atoms with Crippen LogP contribution >= 0.6 is 11.6 Å². The summed E-state index contributed by atoms with van der Waals surface area (Å²) in [6.07, 6.45) is 5.58. The van der Waals surface area contributed by atoms with Crippen LogP contribution in [0.2, 0.25) is 5.02 Å². The summed E-state index contributed by atoms with van der Waals surface area (Å²) in [5, 5.41) is 21.0. The highest BCUT2D eigenvalue weighted by Crippen LogP contribution is 2.50. The van der Waals surface area contributed by atoms with Crippen molar-refractivity contribution in [3.8, 4) is 5.75 Å². The quantitative estimate of drug-likeness (QED) is 0.0257. The molecule has 1 unspecified atom stereocenters. The SMILES string of the molecule is COc1cc2cc(c1Cl)N(C)C(=O)C[C@H](OC(=O)Nc1ccc3nc(CC(=O)[C@H](CCCNC(N)=O)NC(=O)[C@@H](CC(=O)CCCCC(C)OC(=O)C4CCC4)C(C)C)ccc3c1)[C@]1(C)O[C@H]1[C@H](C)[C@@H]1C[C@@](O)(CC(=O)O1)[C@H](OC)/C=C/C=C(\C)C2. The molecule has 3 fully saturated rings. The maximum Gasteiger partial charge on any atom is 0.412 e. The smallest absolute Gasteiger partial charge is 0.412 e. The number of hydrogen-bond donors (Lipinski definition) is 5. The highest BCUT2D eigenvalue weighted by Gasteiger charge is 2.64. The minimum atomic E-state index is -1.63. The first-order valence-electron chi connectivity index (χ1n) is 29.9. The molecule has 7 rings (SSSR count). The Balaban J connectivity index is 1.03. The number of primary amides is 1. The summed E-state index contributed by atoms with van der Waals surface area (Å²) in [7, 11) is 4.50. The number of aliphatic hydroxyl groups is 1. The van der Waals surface area contributed by atoms with Crippen LogP contribution < -0.4 is 31.3 Å². The van der Waals surface area contributed by atoms with Crippen LogP contribution in [-0.2, 0) is 65.3 Å². The van der Waals surface area contributed by atoms with Crippen LogP contribution in [0.25, 0.3) is 10.9 Å². The van der Waals surface area contributed by atoms with Crippen LogP contribution in [0.5, 0.6) is 5.75 Å². The fourth-order valence-corrected chi connectivity index (χ4v) is 11.9. The number of allylic oxidation sites excluding steroid dienone is 3. The third-order valence-corrected chi connectivity index (χ3v) is 17.5. The number of rotatable bonds is 23. The van der Waals surface area contributed by atoms with E-state index in [9.17, 15) is 43.5 Å². The Bertz CT molecular complexity index is 3060. The van der Waals surface area contributed by atoms with Gasteiger partial charge in [0, 0.05) is 68.6 Å². The van der Waals surface area contributed by atoms with Crippen molar-refractivity contribution in [2.24, 2.45) is 29.4 Å². The standard InChI is InChI=1S/C64H85ClN6O15/c1-36(2)46(32-45(72)19-11-10-16-38(4)83-60(77)41-17-13-18-41)59(76)70-48(20-14-26-67-61(66)78)50(73)31-44-23-22-42-30-43(24-25-47(42)68-44)69-62(79)85-54-33-55(74)71(7)49-28-40(29-51(81-8)57(49)65)27-37(3)15-12-21-53(82-9)64(80)34-52(84-56(75)35-64)39(5)58-63(54,6)86-58/h12,15,21-25,28-30,36,38-39,41,46,48,52-54,58,80H,10-11,13-14,16-20,26-27,31-35H2,1-9H3,(H,69,79)(H,70,76)(H3,66,67,78)/b21-12+,37-15+/t38?,39-,46+,48+,52+,53-,54+,58+,63+,64-/m1/s1. The van der Waals surface area contributed by atoms with Gasteiger partial charge in [0.25, 0.3) is 0 Å². The average Bonchev–Trinajstić information content (AvgIpc) is 1.90. The van der Waals surface area contributed by atoms with Gasteiger partial charge in [-0.15, -0.1) is 0 Å². The Hall–Kier alpha value is -6.94. The lowest BCUT2D eigenvalue weighted by atomic mass is 9.78. The van der Waals surface area contributed by atoms with Crippen LogP contribution in [-0.4, -0.2) is 133 Å². The molecule has 22 heteroatoms. The summed E-state index contributed by atoms with van der Waals surface area (Å²) in [4.78, 5) is 113. The molecule has 4 heterocycles. The molecule has 1 saturated carbocycles. The van der Waals surface area contributed by atoms with Gasteiger partial charge in [0.15, 0.2) is 5.78 Å². The average molecular weight is 1210 g/mol. The van der Waals surface area contributed by atoms with Crippen molar-refractivity contribution < 1.29 is 71.9 Å². The monoisotopic (exact) mass is 1210 g/mol. The summed E-state index contributed by atoms with van der Waals surface area (Å²) in [5.41, 5.74) is 5.63. The number of hydrogen-bond acceptors (Lipinski definition) is 16. The van der Waals surface area contributed by atoms with E-state index in [0.717, 1.165) is 30.4 Å². The second-order valence-corrected chi connectivity index (χ2v) is 24.6. The summed E-state index contributed by atoms with van der Waals surface area (Å²) in [5.74, 6) is -3.24. The lowest BCUT2D eigenvalue weighted by Crippen LogP contribution is -2.53. The number of pyridine rings is 1. The molecule has 2 aromatic carbocycles. The van der Waals surface area contributed by atoms with Crippen molar-refractivity contribution in [3.05, 3.63) is 82.5 Å². The molecule has 86 heavy (non-hydrogen) atoms. The third kappa shape index (κ3) is 17.4. The lowest BCUT2D eigenvalue weighted by molar-refractivity contribution is -0.187. The van der Waals surface area contributed by atoms with E-state index in [-0.39, 0.29) is 92.0 Å². The normalized spacial score (nSPS) is 25.4. The number of urea groups is 1. The van der Waals surface area contributed by atoms with E-state index in [2.05, 4.69) is 16.0 Å². The maximum absolute atomic E-state index is 14.5. The molecule has 468 valence electrons. The number of amides is 5. The van der Waals surface area contributed by atoms with Crippen molar-refractivity contribution in [2.45, 2.75) is 186 Å². The van der Waals surface area contributed by atoms with Gasteiger partial charge in [-0.25, -0.2) is 9.59 Å². The van der Waals surface area contributed by atoms with Crippen molar-refractivity contribution in [2.75, 3.05) is 38.0 Å². The molecule has 5 amide bonds. The Kier molecular flexibility index (Phi) is 22.9. The number of nitrogens with one attached hydrogen (secondary N) is 3. The van der Waals surface area contributed by atoms with Gasteiger partial charge in [0.05, 0.1) is 61.7 Å². The first-order valence-corrected chi connectivity index (χ1v) is 30.2. The molecular weight excluding hydrogens is 1130 g/mol. The number of ketones is 2. The van der Waals surface area contributed by atoms with Gasteiger partial charge < -0.3 is 54.8 Å². The van der Waals surface area contributed by atoms with Crippen molar-refractivity contribution >= 4 is 81.3 Å². The molecule has 6 N–H and O–H groups in total. The van der Waals surface area contributed by atoms with E-state index < -0.39 is 83.4 Å². The number of anilines is 2. The highest BCUT2D eigenvalue weighted by molar-refractivity contribution is 6.35. The Morgan fingerprint density at radius 2 is 1.76 bits per heavy atom. The van der Waals surface area contributed by atoms with E-state index in [1.54, 1.807) is 68.6 Å². The van der Waals surface area contributed by atoms with Crippen LogP contribution in [0.15, 0.2) is 66.3 Å². The van der Waals surface area contributed by atoms with E-state index in [1.165, 1.54) is 19.1 Å². The Labute approximate surface area is 508 Å². The second-order valence-electron chi connectivity index (χ2n) is 24.2. The van der Waals surface area contributed by atoms with Crippen LogP contribution in [0, 0.1) is 23.7 Å². The predicted octanol–water partition coefficient (Wildman–Crippen LogP) is 8.74. The summed E-state index contributed by atoms with van der Waals surface area (Å²) in [6.45, 7) is 11.2. The zero-order chi connectivity index (χ0) is 62.6. The lowest BCUT2D eigenvalue weighted by Gasteiger charge is -2.41. The van der Waals surface area contributed by atoms with Crippen molar-refractivity contribution in [1.82, 2.24) is 15.6 Å². The van der Waals surface area contributed by atoms with Crippen LogP contribution in [0.1, 0.15) is 136 Å². The zero-order valence-electron chi connectivity index (χ0n) is 50.9. The van der Waals surface area contributed by atoms with Gasteiger partial charge in [-0.2, -0.15) is 0 Å². The van der Waals surface area contributed by atoms with Gasteiger partial charge in [-0.05, 0) is 120 Å². The molecule has 2 saturated heterocycles. The summed E-state index contributed by atoms with van der Waals surface area (Å²) >= 11 is 6.86. The number of ether oxygens (including phenoxy) is 6. The van der Waals surface area contributed by atoms with Gasteiger partial charge in [-0.1, -0.05) is 68.7 Å². The first kappa shape index (κ1) is 66.6. The maximum atomic E-state index is 14.5. The number of methoxy groups -OCH3 is 2. The fraction of sp³-hybridized carbons (Fsp3) is 0.578. The summed E-state index contributed by atoms with van der Waals surface area (Å²) < 4.78 is 35.3. The molecular formula is C64H85ClN6O15. The minimum Gasteiger partial charge on any atom is -0.495 e. The topological polar surface area (TPSA) is 294 Å². The number of nitrogens with zero attached hydrogens (tertiary/aromatic N) is 2. The molecule has 4 bridgehead atoms. The number of carbonyl (C=O) groups excluding carboxylic acids is 8. The number of aromatic nitrogens is 1. The molecule has 1 aromatic heterocycles. The number of nitrogens with two attached hydrogens (primary N) is 1. The molecule has 21 nitrogen and oxygen atoms in total. The predicted molar refractivity (Wildman–Crippen MR) is 322 cm³/mol. The highest BCUT2D eigenvalue weighted by atomic mass is 35.5. The number of unbranched alkanes of at least 4 members (excludes halogenated alkanes) is 1. The number of esters is 2. The van der Waals surface area contributed by atoms with Gasteiger partial charge in [0.1, 0.15) is 46.1 Å². The number of benzene rings is 2. The molecule has 1 aliphatic carbocycles. The van der Waals surface area contributed by atoms with Gasteiger partial charge >= 0.3 is 24.1 Å². The van der Waals surface area contributed by atoms with Crippen molar-refractivity contribution in [3.63, 3.8) is 0 Å². The van der Waals surface area contributed by atoms with Crippen LogP contribution in [0.3, 0.4) is 0 Å². The van der Waals surface area contributed by atoms with Crippen LogP contribution in [0.4, 0.5) is 21.0 Å². The fourth-order valence-electron chi connectivity index (χ4n) is 11.6. The summed E-state index contributed by atoms with van der Waals surface area (Å²) in [6, 6.07) is 10.2. The minimum absolute atomic E-state index is 0.00203. The largest absolute Gasteiger partial charge is 0.495 e.